The molecule has 0 N–H and O–H groups in total. The topological polar surface area (TPSA) is 112 Å². The number of fused-ring (bicyclic) bond motifs is 3. The smallest absolute Gasteiger partial charge is 0.137 e. The first-order valence-corrected chi connectivity index (χ1v) is 17.0. The van der Waals surface area contributed by atoms with Crippen molar-refractivity contribution in [2.45, 2.75) is 20.3 Å². The number of hydrogen-bond donors (Lipinski definition) is 0. The van der Waals surface area contributed by atoms with Crippen LogP contribution in [0.1, 0.15) is 20.3 Å². The molecule has 9 rings (SSSR count). The predicted molar refractivity (Wildman–Crippen MR) is 202 cm³/mol. The molecule has 0 aliphatic rings. The number of Topliss-reactive ketones (excluding diaryl/α,β-unsaturated/α-hetero) is 2. The van der Waals surface area contributed by atoms with Crippen LogP contribution in [-0.4, -0.2) is 26.5 Å². The number of ketones is 2. The Morgan fingerprint density at radius 3 is 1.27 bits per heavy atom. The van der Waals surface area contributed by atoms with E-state index < -0.39 is 34.9 Å². The summed E-state index contributed by atoms with van der Waals surface area (Å²) in [5, 5.41) is 2.06. The van der Waals surface area contributed by atoms with Gasteiger partial charge in [0.2, 0.25) is 0 Å². The van der Waals surface area contributed by atoms with Gasteiger partial charge in [-0.05, 0) is 62.4 Å². The summed E-state index contributed by atoms with van der Waals surface area (Å²) in [5.41, 5.74) is 3.62. The fourth-order valence-electron chi connectivity index (χ4n) is 5.58. The van der Waals surface area contributed by atoms with E-state index in [0.29, 0.717) is 50.0 Å². The van der Waals surface area contributed by atoms with Gasteiger partial charge in [-0.1, -0.05) is 23.3 Å². The van der Waals surface area contributed by atoms with Crippen LogP contribution < -0.4 is 0 Å². The molecule has 0 amide bonds. The molecular weight excluding hydrogens is 1150 g/mol. The minimum atomic E-state index is -0.689. The second-order valence-corrected chi connectivity index (χ2v) is 12.3. The average molecular weight is 1180 g/mol. The van der Waals surface area contributed by atoms with Gasteiger partial charge in [-0.25, -0.2) is 8.78 Å². The van der Waals surface area contributed by atoms with Crippen LogP contribution in [-0.2, 0) is 49.8 Å². The van der Waals surface area contributed by atoms with Gasteiger partial charge in [0, 0.05) is 121 Å². The molecule has 2 radical (unpaired) electrons. The SMILES string of the molecule is CC(=O)CC(C)=O.Fc1c[c-]c(-c2nccc3occc23)c(F)c1.Fc1c[c-]c(-c2nccc3occc23)c(F)c1.Fc1ccc(-c2nccc3occc23)c(F)c1.[Ir].[Ir]. The molecule has 6 aromatic heterocycles. The van der Waals surface area contributed by atoms with Crippen molar-refractivity contribution in [2.75, 3.05) is 0 Å². The molecule has 0 aliphatic heterocycles. The van der Waals surface area contributed by atoms with Crippen LogP contribution in [0.2, 0.25) is 0 Å². The van der Waals surface area contributed by atoms with Crippen molar-refractivity contribution >= 4 is 44.5 Å². The minimum absolute atomic E-state index is 0. The van der Waals surface area contributed by atoms with Crippen LogP contribution in [0.5, 0.6) is 0 Å². The summed E-state index contributed by atoms with van der Waals surface area (Å²) >= 11 is 0. The van der Waals surface area contributed by atoms with E-state index in [9.17, 15) is 35.9 Å². The molecule has 310 valence electrons. The molecule has 0 spiro atoms. The molecule has 0 fully saturated rings. The summed E-state index contributed by atoms with van der Waals surface area (Å²) in [5.74, 6) is -4.06. The summed E-state index contributed by atoms with van der Waals surface area (Å²) in [4.78, 5) is 32.4. The minimum Gasteiger partial charge on any atom is -0.465 e. The molecule has 9 aromatic rings. The van der Waals surface area contributed by atoms with Gasteiger partial charge in [-0.3, -0.25) is 32.1 Å². The third kappa shape index (κ3) is 11.4. The van der Waals surface area contributed by atoms with E-state index in [2.05, 4.69) is 27.1 Å². The van der Waals surface area contributed by atoms with Gasteiger partial charge in [0.25, 0.3) is 0 Å². The van der Waals surface area contributed by atoms with E-state index in [0.717, 1.165) is 30.3 Å². The average Bonchev–Trinajstić information content (AvgIpc) is 3.97. The molecule has 60 heavy (non-hydrogen) atoms. The van der Waals surface area contributed by atoms with Gasteiger partial charge in [0.15, 0.2) is 0 Å². The maximum Gasteiger partial charge on any atom is 0.137 e. The number of hydrogen-bond acceptors (Lipinski definition) is 8. The molecular formula is C44H27F6Ir2N3O5-2. The van der Waals surface area contributed by atoms with Gasteiger partial charge >= 0.3 is 0 Å². The number of benzene rings is 3. The second kappa shape index (κ2) is 21.3. The quantitative estimate of drug-likeness (QED) is 0.0952. The van der Waals surface area contributed by atoms with Crippen LogP contribution >= 0.6 is 0 Å². The molecule has 0 aliphatic carbocycles. The van der Waals surface area contributed by atoms with E-state index in [4.69, 9.17) is 13.3 Å². The van der Waals surface area contributed by atoms with Gasteiger partial charge in [-0.15, -0.1) is 24.3 Å². The Labute approximate surface area is 364 Å². The van der Waals surface area contributed by atoms with Crippen molar-refractivity contribution in [3.63, 3.8) is 0 Å². The zero-order chi connectivity index (χ0) is 41.3. The number of rotatable bonds is 5. The monoisotopic (exact) mass is 1180 g/mol. The normalized spacial score (nSPS) is 10.3. The fraction of sp³-hybridized carbons (Fsp3) is 0.0682. The number of furan rings is 3. The van der Waals surface area contributed by atoms with Gasteiger partial charge in [0.05, 0.1) is 30.9 Å². The third-order valence-corrected chi connectivity index (χ3v) is 8.01. The van der Waals surface area contributed by atoms with Crippen molar-refractivity contribution in [3.05, 3.63) is 163 Å². The molecule has 0 saturated carbocycles. The Morgan fingerprint density at radius 2 is 0.900 bits per heavy atom. The number of carbonyl (C=O) groups excluding carboxylic acids is 2. The van der Waals surface area contributed by atoms with Crippen molar-refractivity contribution < 1.29 is 89.4 Å². The number of nitrogens with zero attached hydrogens (tertiary/aromatic N) is 3. The summed E-state index contributed by atoms with van der Waals surface area (Å²) in [6, 6.07) is 22.5. The maximum absolute atomic E-state index is 13.7. The van der Waals surface area contributed by atoms with Crippen LogP contribution in [0.25, 0.3) is 66.7 Å². The van der Waals surface area contributed by atoms with E-state index in [1.54, 1.807) is 36.4 Å². The third-order valence-electron chi connectivity index (χ3n) is 8.01. The standard InChI is InChI=1S/C13H7F2NO.2C13H6F2NO.C5H8O2.2Ir/c3*14-8-1-2-9(11(15)7-8)13-10-4-6-17-12(10)3-5-16-13;1-4(6)3-5(2)7;;/h1-7H;2*1,3-7H;3H2,1-2H3;;/q;2*-1;;;. The molecule has 0 atom stereocenters. The number of halogens is 6. The molecule has 0 unspecified atom stereocenters. The molecule has 3 aromatic carbocycles. The summed E-state index contributed by atoms with van der Waals surface area (Å²) in [6.45, 7) is 2.81. The first-order valence-electron chi connectivity index (χ1n) is 17.0. The number of carbonyl (C=O) groups is 2. The zero-order valence-electron chi connectivity index (χ0n) is 31.0. The Kier molecular flexibility index (Phi) is 16.5. The van der Waals surface area contributed by atoms with Gasteiger partial charge in [-0.2, -0.15) is 0 Å². The Hall–Kier alpha value is -6.05. The molecule has 16 heteroatoms. The fourth-order valence-corrected chi connectivity index (χ4v) is 5.58. The predicted octanol–water partition coefficient (Wildman–Crippen LogP) is 11.5. The molecule has 0 bridgehead atoms. The summed E-state index contributed by atoms with van der Waals surface area (Å²) < 4.78 is 95.0. The van der Waals surface area contributed by atoms with E-state index in [1.807, 2.05) is 0 Å². The largest absolute Gasteiger partial charge is 0.465 e. The van der Waals surface area contributed by atoms with E-state index >= 15 is 0 Å². The van der Waals surface area contributed by atoms with Crippen LogP contribution in [0.15, 0.2) is 129 Å². The first-order chi connectivity index (χ1) is 27.9. The number of aromatic nitrogens is 3. The molecule has 6 heterocycles. The van der Waals surface area contributed by atoms with Crippen LogP contribution in [0, 0.1) is 47.0 Å². The van der Waals surface area contributed by atoms with Crippen molar-refractivity contribution in [1.29, 1.82) is 0 Å². The van der Waals surface area contributed by atoms with E-state index in [-0.39, 0.29) is 74.9 Å². The maximum atomic E-state index is 13.7. The molecule has 8 nitrogen and oxygen atoms in total. The number of pyridine rings is 3. The summed E-state index contributed by atoms with van der Waals surface area (Å²) in [6.07, 6.45) is 9.14. The van der Waals surface area contributed by atoms with Crippen LogP contribution in [0.4, 0.5) is 26.3 Å². The Bertz CT molecular complexity index is 2600. The van der Waals surface area contributed by atoms with Crippen molar-refractivity contribution in [2.24, 2.45) is 0 Å². The zero-order valence-corrected chi connectivity index (χ0v) is 35.8. The van der Waals surface area contributed by atoms with Crippen LogP contribution in [0.3, 0.4) is 0 Å². The Balaban J connectivity index is 0.000000181. The Morgan fingerprint density at radius 1 is 0.517 bits per heavy atom. The van der Waals surface area contributed by atoms with E-state index in [1.165, 1.54) is 63.4 Å². The second-order valence-electron chi connectivity index (χ2n) is 12.3. The van der Waals surface area contributed by atoms with Gasteiger partial charge in [0.1, 0.15) is 39.9 Å². The summed E-state index contributed by atoms with van der Waals surface area (Å²) in [7, 11) is 0. The molecule has 0 saturated heterocycles. The van der Waals surface area contributed by atoms with Crippen molar-refractivity contribution in [1.82, 2.24) is 15.0 Å². The van der Waals surface area contributed by atoms with Crippen molar-refractivity contribution in [3.8, 4) is 33.8 Å². The first kappa shape index (κ1) is 46.6. The van der Waals surface area contributed by atoms with Gasteiger partial charge < -0.3 is 23.2 Å².